The lowest BCUT2D eigenvalue weighted by Gasteiger charge is -2.26. The van der Waals surface area contributed by atoms with Crippen LogP contribution >= 0.6 is 11.3 Å². The summed E-state index contributed by atoms with van der Waals surface area (Å²) in [4.78, 5) is 31.6. The van der Waals surface area contributed by atoms with Crippen LogP contribution in [0.1, 0.15) is 0 Å². The maximum atomic E-state index is 4.82. The molecule has 52 heavy (non-hydrogen) atoms. The first kappa shape index (κ1) is 30.0. The molecular formula is C44H27N7S. The molecule has 7 nitrogen and oxygen atoms in total. The summed E-state index contributed by atoms with van der Waals surface area (Å²) in [5.41, 5.74) is 8.71. The monoisotopic (exact) mass is 685 g/mol. The lowest BCUT2D eigenvalue weighted by molar-refractivity contribution is 1.22. The highest BCUT2D eigenvalue weighted by Gasteiger charge is 2.17. The quantitative estimate of drug-likeness (QED) is 0.172. The van der Waals surface area contributed by atoms with Crippen LogP contribution in [-0.4, -0.2) is 29.9 Å². The first-order chi connectivity index (χ1) is 25.7. The Kier molecular flexibility index (Phi) is 7.18. The fraction of sp³-hybridized carbons (Fsp3) is 0. The number of hydrogen-bond acceptors (Lipinski definition) is 8. The Morgan fingerprint density at radius 2 is 0.942 bits per heavy atom. The molecule has 0 fully saturated rings. The van der Waals surface area contributed by atoms with Gasteiger partial charge >= 0.3 is 0 Å². The van der Waals surface area contributed by atoms with Crippen molar-refractivity contribution in [3.8, 4) is 34.0 Å². The van der Waals surface area contributed by atoms with E-state index in [9.17, 15) is 0 Å². The topological polar surface area (TPSA) is 80.6 Å². The van der Waals surface area contributed by atoms with Crippen LogP contribution in [0, 0.1) is 0 Å². The number of fused-ring (bicyclic) bond motifs is 5. The molecule has 0 aliphatic carbocycles. The van der Waals surface area contributed by atoms with Crippen molar-refractivity contribution in [1.29, 1.82) is 0 Å². The van der Waals surface area contributed by atoms with Crippen molar-refractivity contribution in [1.82, 2.24) is 29.9 Å². The van der Waals surface area contributed by atoms with Crippen molar-refractivity contribution in [2.24, 2.45) is 0 Å². The van der Waals surface area contributed by atoms with E-state index in [0.717, 1.165) is 71.5 Å². The molecule has 0 bridgehead atoms. The Balaban J connectivity index is 1.04. The Labute approximate surface area is 302 Å². The van der Waals surface area contributed by atoms with Crippen LogP contribution in [-0.2, 0) is 0 Å². The summed E-state index contributed by atoms with van der Waals surface area (Å²) in [7, 11) is 0. The van der Waals surface area contributed by atoms with Gasteiger partial charge in [-0.2, -0.15) is 0 Å². The Bertz CT molecular complexity index is 2780. The van der Waals surface area contributed by atoms with Gasteiger partial charge in [-0.15, -0.1) is 11.3 Å². The molecule has 4 aromatic heterocycles. The van der Waals surface area contributed by atoms with E-state index in [1.54, 1.807) is 17.7 Å². The van der Waals surface area contributed by atoms with E-state index in [-0.39, 0.29) is 0 Å². The zero-order valence-electron chi connectivity index (χ0n) is 27.6. The summed E-state index contributed by atoms with van der Waals surface area (Å²) in [6, 6.07) is 49.9. The number of rotatable bonds is 6. The van der Waals surface area contributed by atoms with Gasteiger partial charge in [0.1, 0.15) is 11.2 Å². The van der Waals surface area contributed by atoms with Gasteiger partial charge in [-0.1, -0.05) is 66.7 Å². The van der Waals surface area contributed by atoms with Crippen LogP contribution in [0.4, 0.5) is 17.1 Å². The van der Waals surface area contributed by atoms with E-state index in [4.69, 9.17) is 15.0 Å². The van der Waals surface area contributed by atoms with E-state index in [0.29, 0.717) is 11.6 Å². The molecule has 10 rings (SSSR count). The van der Waals surface area contributed by atoms with Gasteiger partial charge in [0.15, 0.2) is 11.6 Å². The van der Waals surface area contributed by atoms with Gasteiger partial charge in [-0.05, 0) is 78.9 Å². The molecule has 0 amide bonds. The molecule has 0 unspecified atom stereocenters. The average molecular weight is 686 g/mol. The smallest absolute Gasteiger partial charge is 0.159 e. The normalized spacial score (nSPS) is 11.5. The van der Waals surface area contributed by atoms with Gasteiger partial charge in [-0.25, -0.2) is 29.9 Å². The van der Waals surface area contributed by atoms with E-state index in [2.05, 4.69) is 117 Å². The van der Waals surface area contributed by atoms with Crippen molar-refractivity contribution in [2.45, 2.75) is 0 Å². The standard InChI is InChI=1S/C44H27N7S/c1-4-10-37-31(7-1)25-45-42(49-37)29-15-21-34(22-16-29)51(35-23-17-30(18-24-35)43-46-26-32-8-2-5-11-38(32)50-43)33-19-13-28(14-20-33)41-40-36-9-3-6-12-39(36)52-44(40)48-27-47-41/h1-27H. The molecule has 8 heteroatoms. The van der Waals surface area contributed by atoms with Crippen molar-refractivity contribution >= 4 is 70.5 Å². The van der Waals surface area contributed by atoms with Gasteiger partial charge < -0.3 is 4.90 Å². The van der Waals surface area contributed by atoms with E-state index < -0.39 is 0 Å². The van der Waals surface area contributed by atoms with Gasteiger partial charge in [0.05, 0.1) is 16.7 Å². The van der Waals surface area contributed by atoms with E-state index >= 15 is 0 Å². The fourth-order valence-corrected chi connectivity index (χ4v) is 7.78. The van der Waals surface area contributed by atoms with Crippen LogP contribution in [0.2, 0.25) is 0 Å². The predicted octanol–water partition coefficient (Wildman–Crippen LogP) is 11.2. The highest BCUT2D eigenvalue weighted by atomic mass is 32.1. The van der Waals surface area contributed by atoms with Crippen LogP contribution in [0.5, 0.6) is 0 Å². The molecule has 0 aliphatic heterocycles. The Morgan fingerprint density at radius 3 is 1.52 bits per heavy atom. The predicted molar refractivity (Wildman–Crippen MR) is 212 cm³/mol. The highest BCUT2D eigenvalue weighted by Crippen LogP contribution is 2.40. The van der Waals surface area contributed by atoms with Crippen LogP contribution in [0.3, 0.4) is 0 Å². The maximum absolute atomic E-state index is 4.82. The van der Waals surface area contributed by atoms with Gasteiger partial charge in [0.2, 0.25) is 0 Å². The van der Waals surface area contributed by atoms with E-state index in [1.807, 2.05) is 60.9 Å². The first-order valence-electron chi connectivity index (χ1n) is 16.9. The second-order valence-electron chi connectivity index (χ2n) is 12.5. The van der Waals surface area contributed by atoms with Crippen molar-refractivity contribution < 1.29 is 0 Å². The third kappa shape index (κ3) is 5.30. The minimum atomic E-state index is 0.693. The Hall–Kier alpha value is -6.90. The second-order valence-corrected chi connectivity index (χ2v) is 13.5. The minimum Gasteiger partial charge on any atom is -0.311 e. The third-order valence-corrected chi connectivity index (χ3v) is 10.4. The van der Waals surface area contributed by atoms with Crippen LogP contribution in [0.25, 0.3) is 76.1 Å². The average Bonchev–Trinajstić information content (AvgIpc) is 3.61. The number of anilines is 3. The number of para-hydroxylation sites is 2. The zero-order valence-corrected chi connectivity index (χ0v) is 28.4. The molecule has 0 N–H and O–H groups in total. The summed E-state index contributed by atoms with van der Waals surface area (Å²) in [5, 5.41) is 4.30. The lowest BCUT2D eigenvalue weighted by atomic mass is 10.0. The van der Waals surface area contributed by atoms with Crippen molar-refractivity contribution in [3.63, 3.8) is 0 Å². The third-order valence-electron chi connectivity index (χ3n) is 9.32. The molecule has 0 radical (unpaired) electrons. The molecule has 6 aromatic carbocycles. The summed E-state index contributed by atoms with van der Waals surface area (Å²) >= 11 is 1.70. The number of benzene rings is 6. The summed E-state index contributed by atoms with van der Waals surface area (Å²) < 4.78 is 1.21. The molecular weight excluding hydrogens is 659 g/mol. The maximum Gasteiger partial charge on any atom is 0.159 e. The summed E-state index contributed by atoms with van der Waals surface area (Å²) in [6.07, 6.45) is 5.42. The largest absolute Gasteiger partial charge is 0.311 e. The minimum absolute atomic E-state index is 0.693. The van der Waals surface area contributed by atoms with Gasteiger partial charge in [0, 0.05) is 72.4 Å². The van der Waals surface area contributed by atoms with Crippen molar-refractivity contribution in [3.05, 3.63) is 164 Å². The Morgan fingerprint density at radius 1 is 0.442 bits per heavy atom. The molecule has 0 atom stereocenters. The number of nitrogens with zero attached hydrogens (tertiary/aromatic N) is 7. The molecule has 0 saturated heterocycles. The SMILES string of the molecule is c1ccc2nc(-c3ccc(N(c4ccc(-c5ncc6ccccc6n5)cc4)c4ccc(-c5ncnc6sc7ccccc7c56)cc4)cc3)ncc2c1. The van der Waals surface area contributed by atoms with Crippen LogP contribution in [0.15, 0.2) is 164 Å². The zero-order chi connectivity index (χ0) is 34.4. The molecule has 10 aromatic rings. The highest BCUT2D eigenvalue weighted by molar-refractivity contribution is 7.25. The van der Waals surface area contributed by atoms with Crippen LogP contribution < -0.4 is 4.90 Å². The molecule has 0 saturated carbocycles. The molecule has 0 aliphatic rings. The van der Waals surface area contributed by atoms with Gasteiger partial charge in [0.25, 0.3) is 0 Å². The first-order valence-corrected chi connectivity index (χ1v) is 17.7. The molecule has 0 spiro atoms. The van der Waals surface area contributed by atoms with E-state index in [1.165, 1.54) is 10.1 Å². The van der Waals surface area contributed by atoms with Gasteiger partial charge in [-0.3, -0.25) is 0 Å². The fourth-order valence-electron chi connectivity index (χ4n) is 6.73. The number of hydrogen-bond donors (Lipinski definition) is 0. The van der Waals surface area contributed by atoms with Crippen molar-refractivity contribution in [2.75, 3.05) is 4.90 Å². The number of thiophene rings is 1. The number of aromatic nitrogens is 6. The lowest BCUT2D eigenvalue weighted by Crippen LogP contribution is -2.10. The molecule has 244 valence electrons. The summed E-state index contributed by atoms with van der Waals surface area (Å²) in [5.74, 6) is 1.39. The summed E-state index contributed by atoms with van der Waals surface area (Å²) in [6.45, 7) is 0. The molecule has 4 heterocycles. The second kappa shape index (κ2) is 12.5.